The van der Waals surface area contributed by atoms with Gasteiger partial charge in [0.1, 0.15) is 5.75 Å². The number of hydrogen-bond acceptors (Lipinski definition) is 6. The van der Waals surface area contributed by atoms with Crippen molar-refractivity contribution in [3.05, 3.63) is 54.1 Å². The highest BCUT2D eigenvalue weighted by Crippen LogP contribution is 2.16. The lowest BCUT2D eigenvalue weighted by Crippen LogP contribution is -2.23. The standard InChI is InChI=1S/C20H24N2O6S/c1-15-5-4-6-17(13-15)27-12-11-20(24)28-14-19(23)21-16-7-9-18(10-8-16)29(25,26)22(2)3/h4-10,13H,11-12,14H2,1-3H3,(H,21,23). The van der Waals surface area contributed by atoms with Crippen molar-refractivity contribution in [2.45, 2.75) is 18.2 Å². The van der Waals surface area contributed by atoms with Crippen molar-refractivity contribution >= 4 is 27.6 Å². The van der Waals surface area contributed by atoms with Gasteiger partial charge in [0.2, 0.25) is 10.0 Å². The van der Waals surface area contributed by atoms with Crippen LogP contribution in [0.1, 0.15) is 12.0 Å². The monoisotopic (exact) mass is 420 g/mol. The average molecular weight is 420 g/mol. The maximum absolute atomic E-state index is 12.0. The summed E-state index contributed by atoms with van der Waals surface area (Å²) in [5.41, 5.74) is 1.45. The number of rotatable bonds is 9. The Bertz CT molecular complexity index is 955. The number of sulfonamides is 1. The van der Waals surface area contributed by atoms with Gasteiger partial charge >= 0.3 is 5.97 Å². The van der Waals surface area contributed by atoms with Crippen LogP contribution in [0.4, 0.5) is 5.69 Å². The fraction of sp³-hybridized carbons (Fsp3) is 0.300. The Morgan fingerprint density at radius 1 is 1.07 bits per heavy atom. The van der Waals surface area contributed by atoms with Gasteiger partial charge in [0.15, 0.2) is 6.61 Å². The SMILES string of the molecule is Cc1cccc(OCCC(=O)OCC(=O)Nc2ccc(S(=O)(=O)N(C)C)cc2)c1. The Labute approximate surface area is 170 Å². The molecule has 2 aromatic carbocycles. The summed E-state index contributed by atoms with van der Waals surface area (Å²) in [7, 11) is -0.664. The van der Waals surface area contributed by atoms with Crippen LogP contribution < -0.4 is 10.1 Å². The average Bonchev–Trinajstić information content (AvgIpc) is 2.67. The molecular formula is C20H24N2O6S. The van der Waals surface area contributed by atoms with Gasteiger partial charge in [0.25, 0.3) is 5.91 Å². The number of esters is 1. The molecule has 0 unspecified atom stereocenters. The fourth-order valence-electron chi connectivity index (χ4n) is 2.29. The minimum atomic E-state index is -3.54. The third kappa shape index (κ3) is 6.88. The molecule has 0 saturated carbocycles. The number of hydrogen-bond donors (Lipinski definition) is 1. The van der Waals surface area contributed by atoms with E-state index in [2.05, 4.69) is 5.32 Å². The van der Waals surface area contributed by atoms with E-state index < -0.39 is 28.5 Å². The number of carbonyl (C=O) groups is 2. The van der Waals surface area contributed by atoms with Gasteiger partial charge in [-0.05, 0) is 48.9 Å². The number of amides is 1. The van der Waals surface area contributed by atoms with E-state index in [9.17, 15) is 18.0 Å². The van der Waals surface area contributed by atoms with Crippen LogP contribution in [0, 0.1) is 6.92 Å². The summed E-state index contributed by atoms with van der Waals surface area (Å²) in [6, 6.07) is 13.1. The maximum Gasteiger partial charge on any atom is 0.309 e. The van der Waals surface area contributed by atoms with Gasteiger partial charge in [-0.25, -0.2) is 12.7 Å². The van der Waals surface area contributed by atoms with E-state index in [4.69, 9.17) is 9.47 Å². The second kappa shape index (κ2) is 10.0. The molecule has 0 bridgehead atoms. The molecule has 2 aromatic rings. The molecule has 1 amide bonds. The Morgan fingerprint density at radius 2 is 1.76 bits per heavy atom. The molecule has 8 nitrogen and oxygen atoms in total. The van der Waals surface area contributed by atoms with Crippen LogP contribution in [0.5, 0.6) is 5.75 Å². The smallest absolute Gasteiger partial charge is 0.309 e. The van der Waals surface area contributed by atoms with Gasteiger partial charge in [-0.3, -0.25) is 9.59 Å². The molecule has 0 aliphatic carbocycles. The van der Waals surface area contributed by atoms with Gasteiger partial charge in [0, 0.05) is 19.8 Å². The number of carbonyl (C=O) groups excluding carboxylic acids is 2. The van der Waals surface area contributed by atoms with E-state index in [-0.39, 0.29) is 17.9 Å². The zero-order chi connectivity index (χ0) is 21.4. The molecule has 1 N–H and O–H groups in total. The number of nitrogens with zero attached hydrogens (tertiary/aromatic N) is 1. The number of anilines is 1. The van der Waals surface area contributed by atoms with Crippen molar-refractivity contribution in [2.24, 2.45) is 0 Å². The molecule has 9 heteroatoms. The molecule has 0 saturated heterocycles. The van der Waals surface area contributed by atoms with Crippen molar-refractivity contribution < 1.29 is 27.5 Å². The highest BCUT2D eigenvalue weighted by atomic mass is 32.2. The normalized spacial score (nSPS) is 11.2. The van der Waals surface area contributed by atoms with Crippen LogP contribution in [0.15, 0.2) is 53.4 Å². The van der Waals surface area contributed by atoms with E-state index in [0.29, 0.717) is 11.4 Å². The van der Waals surface area contributed by atoms with Crippen molar-refractivity contribution in [1.82, 2.24) is 4.31 Å². The minimum absolute atomic E-state index is 0.0122. The lowest BCUT2D eigenvalue weighted by molar-refractivity contribution is -0.147. The Kier molecular flexibility index (Phi) is 7.74. The van der Waals surface area contributed by atoms with E-state index in [1.807, 2.05) is 25.1 Å². The molecule has 0 aromatic heterocycles. The molecule has 0 spiro atoms. The highest BCUT2D eigenvalue weighted by molar-refractivity contribution is 7.89. The van der Waals surface area contributed by atoms with E-state index in [1.54, 1.807) is 6.07 Å². The lowest BCUT2D eigenvalue weighted by Gasteiger charge is -2.12. The van der Waals surface area contributed by atoms with Crippen LogP contribution in [0.2, 0.25) is 0 Å². The Balaban J connectivity index is 1.74. The van der Waals surface area contributed by atoms with Crippen LogP contribution in [0.3, 0.4) is 0 Å². The Morgan fingerprint density at radius 3 is 2.38 bits per heavy atom. The second-order valence-corrected chi connectivity index (χ2v) is 8.59. The molecule has 0 aliphatic rings. The minimum Gasteiger partial charge on any atom is -0.493 e. The zero-order valence-electron chi connectivity index (χ0n) is 16.5. The Hall–Kier alpha value is -2.91. The molecule has 0 aliphatic heterocycles. The largest absolute Gasteiger partial charge is 0.493 e. The van der Waals surface area contributed by atoms with Crippen LogP contribution in [-0.4, -0.2) is 51.9 Å². The summed E-state index contributed by atoms with van der Waals surface area (Å²) < 4.78 is 35.5. The molecule has 156 valence electrons. The number of benzene rings is 2. The molecule has 0 atom stereocenters. The van der Waals surface area contributed by atoms with Crippen molar-refractivity contribution in [2.75, 3.05) is 32.6 Å². The first-order valence-electron chi connectivity index (χ1n) is 8.86. The van der Waals surface area contributed by atoms with Gasteiger partial charge in [-0.2, -0.15) is 0 Å². The predicted molar refractivity (Wildman–Crippen MR) is 108 cm³/mol. The molecular weight excluding hydrogens is 396 g/mol. The molecule has 0 heterocycles. The van der Waals surface area contributed by atoms with Gasteiger partial charge in [0.05, 0.1) is 17.9 Å². The third-order valence-corrected chi connectivity index (χ3v) is 5.67. The summed E-state index contributed by atoms with van der Waals surface area (Å²) in [4.78, 5) is 23.7. The predicted octanol–water partition coefficient (Wildman–Crippen LogP) is 2.20. The summed E-state index contributed by atoms with van der Waals surface area (Å²) in [6.07, 6.45) is 0.0122. The lowest BCUT2D eigenvalue weighted by atomic mass is 10.2. The van der Waals surface area contributed by atoms with Gasteiger partial charge < -0.3 is 14.8 Å². The highest BCUT2D eigenvalue weighted by Gasteiger charge is 2.17. The van der Waals surface area contributed by atoms with Crippen molar-refractivity contribution in [3.8, 4) is 5.75 Å². The van der Waals surface area contributed by atoms with Crippen molar-refractivity contribution in [1.29, 1.82) is 0 Å². The third-order valence-electron chi connectivity index (χ3n) is 3.85. The van der Waals surface area contributed by atoms with Crippen LogP contribution in [-0.2, 0) is 24.3 Å². The number of ether oxygens (including phenoxy) is 2. The van der Waals surface area contributed by atoms with E-state index in [0.717, 1.165) is 9.87 Å². The van der Waals surface area contributed by atoms with Crippen LogP contribution >= 0.6 is 0 Å². The van der Waals surface area contributed by atoms with Gasteiger partial charge in [-0.1, -0.05) is 12.1 Å². The molecule has 0 radical (unpaired) electrons. The second-order valence-electron chi connectivity index (χ2n) is 6.44. The summed E-state index contributed by atoms with van der Waals surface area (Å²) in [6.45, 7) is 1.64. The van der Waals surface area contributed by atoms with Gasteiger partial charge in [-0.15, -0.1) is 0 Å². The number of aryl methyl sites for hydroxylation is 1. The first-order valence-corrected chi connectivity index (χ1v) is 10.3. The zero-order valence-corrected chi connectivity index (χ0v) is 17.4. The first-order chi connectivity index (χ1) is 13.7. The maximum atomic E-state index is 12.0. The first kappa shape index (κ1) is 22.4. The molecule has 2 rings (SSSR count). The fourth-order valence-corrected chi connectivity index (χ4v) is 3.20. The van der Waals surface area contributed by atoms with E-state index in [1.165, 1.54) is 38.4 Å². The molecule has 0 fully saturated rings. The topological polar surface area (TPSA) is 102 Å². The number of nitrogens with one attached hydrogen (secondary N) is 1. The van der Waals surface area contributed by atoms with E-state index >= 15 is 0 Å². The summed E-state index contributed by atoms with van der Waals surface area (Å²) in [5.74, 6) is -0.420. The van der Waals surface area contributed by atoms with Crippen molar-refractivity contribution in [3.63, 3.8) is 0 Å². The summed E-state index contributed by atoms with van der Waals surface area (Å²) >= 11 is 0. The molecule has 29 heavy (non-hydrogen) atoms. The summed E-state index contributed by atoms with van der Waals surface area (Å²) in [5, 5.41) is 2.54. The van der Waals surface area contributed by atoms with Crippen LogP contribution in [0.25, 0.3) is 0 Å². The quantitative estimate of drug-likeness (QED) is 0.624.